The van der Waals surface area contributed by atoms with E-state index in [0.717, 1.165) is 54.3 Å². The van der Waals surface area contributed by atoms with E-state index in [1.165, 1.54) is 38.5 Å². The molecule has 0 bridgehead atoms. The lowest BCUT2D eigenvalue weighted by atomic mass is 9.42. The first kappa shape index (κ1) is 24.4. The number of hydrogen-bond donors (Lipinski definition) is 1. The number of aliphatic hydroxyl groups is 1. The molecule has 1 aromatic heterocycles. The van der Waals surface area contributed by atoms with Crippen molar-refractivity contribution in [2.75, 3.05) is 7.11 Å². The number of ketones is 1. The van der Waals surface area contributed by atoms with Crippen molar-refractivity contribution in [1.82, 2.24) is 15.0 Å². The predicted molar refractivity (Wildman–Crippen MR) is 140 cm³/mol. The van der Waals surface area contributed by atoms with E-state index in [1.54, 1.807) is 11.8 Å². The molecule has 196 valence electrons. The number of methoxy groups -OCH3 is 1. The fourth-order valence-corrected chi connectivity index (χ4v) is 9.92. The van der Waals surface area contributed by atoms with E-state index in [1.807, 2.05) is 18.2 Å². The molecule has 1 heterocycles. The number of benzene rings is 1. The van der Waals surface area contributed by atoms with Crippen LogP contribution in [-0.2, 0) is 11.3 Å². The zero-order valence-electron chi connectivity index (χ0n) is 22.5. The van der Waals surface area contributed by atoms with Gasteiger partial charge in [-0.05, 0) is 118 Å². The highest BCUT2D eigenvalue weighted by atomic mass is 16.5. The Morgan fingerprint density at radius 1 is 1.11 bits per heavy atom. The second kappa shape index (κ2) is 8.54. The first-order chi connectivity index (χ1) is 17.2. The number of fused-ring (bicyclic) bond motifs is 6. The minimum Gasteiger partial charge on any atom is -0.497 e. The maximum Gasteiger partial charge on any atom is 0.157 e. The van der Waals surface area contributed by atoms with Crippen LogP contribution < -0.4 is 4.74 Å². The monoisotopic (exact) mass is 493 g/mol. The van der Waals surface area contributed by atoms with Crippen LogP contribution in [0.25, 0.3) is 11.0 Å². The highest BCUT2D eigenvalue weighted by Gasteiger charge is 2.62. The van der Waals surface area contributed by atoms with Gasteiger partial charge in [-0.15, -0.1) is 5.10 Å². The zero-order chi connectivity index (χ0) is 25.3. The average Bonchev–Trinajstić information content (AvgIpc) is 3.43. The lowest BCUT2D eigenvalue weighted by Gasteiger charge is -2.63. The zero-order valence-corrected chi connectivity index (χ0v) is 22.5. The van der Waals surface area contributed by atoms with Crippen molar-refractivity contribution in [3.63, 3.8) is 0 Å². The van der Waals surface area contributed by atoms with Gasteiger partial charge in [0.2, 0.25) is 0 Å². The summed E-state index contributed by atoms with van der Waals surface area (Å²) >= 11 is 0. The summed E-state index contributed by atoms with van der Waals surface area (Å²) in [6.45, 7) is 7.18. The summed E-state index contributed by atoms with van der Waals surface area (Å²) in [6, 6.07) is 5.72. The van der Waals surface area contributed by atoms with Crippen molar-refractivity contribution in [2.24, 2.45) is 40.4 Å². The maximum absolute atomic E-state index is 13.8. The van der Waals surface area contributed by atoms with Crippen LogP contribution in [0.4, 0.5) is 0 Å². The van der Waals surface area contributed by atoms with Gasteiger partial charge in [0.25, 0.3) is 0 Å². The number of Topliss-reactive ketones (excluding diaryl/α,β-unsaturated/α-hetero) is 1. The summed E-state index contributed by atoms with van der Waals surface area (Å²) in [5.74, 6) is 3.98. The van der Waals surface area contributed by atoms with Crippen LogP contribution in [0.2, 0.25) is 0 Å². The fourth-order valence-electron chi connectivity index (χ4n) is 9.92. The summed E-state index contributed by atoms with van der Waals surface area (Å²) < 4.78 is 7.16. The molecule has 0 saturated heterocycles. The highest BCUT2D eigenvalue weighted by Crippen LogP contribution is 2.69. The minimum atomic E-state index is -0.486. The Balaban J connectivity index is 1.23. The van der Waals surface area contributed by atoms with Gasteiger partial charge >= 0.3 is 0 Å². The molecule has 6 rings (SSSR count). The number of carbonyl (C=O) groups is 1. The van der Waals surface area contributed by atoms with Crippen molar-refractivity contribution >= 4 is 16.8 Å². The molecule has 6 nitrogen and oxygen atoms in total. The van der Waals surface area contributed by atoms with Crippen LogP contribution in [0.15, 0.2) is 18.2 Å². The molecule has 0 unspecified atom stereocenters. The van der Waals surface area contributed by atoms with Crippen molar-refractivity contribution in [3.05, 3.63) is 18.2 Å². The number of nitrogens with zero attached hydrogens (tertiary/aromatic N) is 3. The van der Waals surface area contributed by atoms with Gasteiger partial charge in [-0.1, -0.05) is 19.1 Å². The molecule has 4 saturated carbocycles. The Labute approximate surface area is 215 Å². The third kappa shape index (κ3) is 3.57. The molecule has 8 atom stereocenters. The van der Waals surface area contributed by atoms with E-state index in [0.29, 0.717) is 29.6 Å². The Hall–Kier alpha value is -1.95. The normalized spacial score (nSPS) is 42.0. The summed E-state index contributed by atoms with van der Waals surface area (Å²) in [5, 5.41) is 19.5. The molecule has 36 heavy (non-hydrogen) atoms. The highest BCUT2D eigenvalue weighted by molar-refractivity contribution is 5.84. The number of hydrogen-bond acceptors (Lipinski definition) is 5. The molecule has 2 aromatic rings. The van der Waals surface area contributed by atoms with E-state index in [-0.39, 0.29) is 11.3 Å². The van der Waals surface area contributed by atoms with E-state index in [4.69, 9.17) is 4.74 Å². The Bertz CT molecular complexity index is 1160. The quantitative estimate of drug-likeness (QED) is 0.569. The van der Waals surface area contributed by atoms with E-state index in [2.05, 4.69) is 31.1 Å². The van der Waals surface area contributed by atoms with Crippen molar-refractivity contribution < 1.29 is 14.6 Å². The second-order valence-corrected chi connectivity index (χ2v) is 13.2. The number of carbonyl (C=O) groups excluding carboxylic acids is 1. The van der Waals surface area contributed by atoms with E-state index >= 15 is 0 Å². The molecule has 6 heteroatoms. The Morgan fingerprint density at radius 2 is 1.94 bits per heavy atom. The molecule has 4 aliphatic rings. The van der Waals surface area contributed by atoms with Gasteiger partial charge < -0.3 is 9.84 Å². The Morgan fingerprint density at radius 3 is 2.72 bits per heavy atom. The SMILES string of the molecule is CC[C@]12CC[C@@](C)(O)C[C@@H]1CC[C@H]1[C@@H]3CC[C@H](C(=O)Cn4nnc5ccc(OC)cc54)[C@@]3(C)CC[C@@H]12. The van der Waals surface area contributed by atoms with Crippen molar-refractivity contribution in [2.45, 2.75) is 97.1 Å². The number of rotatable bonds is 5. The van der Waals surface area contributed by atoms with E-state index < -0.39 is 5.60 Å². The van der Waals surface area contributed by atoms with Gasteiger partial charge in [-0.3, -0.25) is 4.79 Å². The van der Waals surface area contributed by atoms with Crippen LogP contribution in [0.5, 0.6) is 5.75 Å². The molecule has 4 fully saturated rings. The van der Waals surface area contributed by atoms with Gasteiger partial charge in [-0.25, -0.2) is 4.68 Å². The second-order valence-electron chi connectivity index (χ2n) is 13.2. The lowest BCUT2D eigenvalue weighted by molar-refractivity contribution is -0.158. The standard InChI is InChI=1S/C30H43N3O3/c1-5-30-15-14-28(2,35)17-19(30)6-8-21-22-9-10-24(29(22,3)13-12-23(21)30)27(34)18-33-26-16-20(36-4)7-11-25(26)31-32-33/h7,11,16,19,21-24,35H,5-6,8-10,12-15,17-18H2,1-4H3/t19-,21-,22-,23-,24+,28+,29-,30-/m0/s1. The number of aromatic nitrogens is 3. The van der Waals surface area contributed by atoms with Gasteiger partial charge in [0, 0.05) is 12.0 Å². The predicted octanol–water partition coefficient (Wildman–Crippen LogP) is 5.81. The summed E-state index contributed by atoms with van der Waals surface area (Å²) in [7, 11) is 1.65. The van der Waals surface area contributed by atoms with Crippen LogP contribution in [0.1, 0.15) is 85.0 Å². The van der Waals surface area contributed by atoms with Crippen LogP contribution in [0.3, 0.4) is 0 Å². The average molecular weight is 494 g/mol. The van der Waals surface area contributed by atoms with Crippen LogP contribution >= 0.6 is 0 Å². The summed E-state index contributed by atoms with van der Waals surface area (Å²) in [5.41, 5.74) is 1.66. The summed E-state index contributed by atoms with van der Waals surface area (Å²) in [6.07, 6.45) is 11.5. The molecule has 0 radical (unpaired) electrons. The molecule has 1 N–H and O–H groups in total. The molecule has 0 amide bonds. The molecular formula is C30H43N3O3. The van der Waals surface area contributed by atoms with Gasteiger partial charge in [0.1, 0.15) is 17.8 Å². The Kier molecular flexibility index (Phi) is 5.79. The molecule has 0 aliphatic heterocycles. The van der Waals surface area contributed by atoms with Crippen LogP contribution in [0, 0.1) is 40.4 Å². The molecule has 0 spiro atoms. The molecule has 4 aliphatic carbocycles. The smallest absolute Gasteiger partial charge is 0.157 e. The lowest BCUT2D eigenvalue weighted by Crippen LogP contribution is -2.56. The minimum absolute atomic E-state index is 0.0915. The van der Waals surface area contributed by atoms with Gasteiger partial charge in [-0.2, -0.15) is 0 Å². The van der Waals surface area contributed by atoms with Gasteiger partial charge in [0.15, 0.2) is 5.78 Å². The van der Waals surface area contributed by atoms with Crippen molar-refractivity contribution in [1.29, 1.82) is 0 Å². The van der Waals surface area contributed by atoms with Crippen molar-refractivity contribution in [3.8, 4) is 5.75 Å². The first-order valence-electron chi connectivity index (χ1n) is 14.3. The third-order valence-electron chi connectivity index (χ3n) is 11.7. The molecule has 1 aromatic carbocycles. The van der Waals surface area contributed by atoms with Gasteiger partial charge in [0.05, 0.1) is 18.2 Å². The first-order valence-corrected chi connectivity index (χ1v) is 14.3. The van der Waals surface area contributed by atoms with Crippen LogP contribution in [-0.4, -0.2) is 38.6 Å². The largest absolute Gasteiger partial charge is 0.497 e. The summed E-state index contributed by atoms with van der Waals surface area (Å²) in [4.78, 5) is 13.8. The topological polar surface area (TPSA) is 77.2 Å². The fraction of sp³-hybridized carbons (Fsp3) is 0.767. The number of ether oxygens (including phenoxy) is 1. The van der Waals surface area contributed by atoms with E-state index in [9.17, 15) is 9.90 Å². The molecular weight excluding hydrogens is 450 g/mol. The third-order valence-corrected chi connectivity index (χ3v) is 11.7. The maximum atomic E-state index is 13.8.